The van der Waals surface area contributed by atoms with Crippen LogP contribution in [0.3, 0.4) is 0 Å². The first-order valence-electron chi connectivity index (χ1n) is 10.5. The van der Waals surface area contributed by atoms with Gasteiger partial charge in [0.15, 0.2) is 0 Å². The normalized spacial score (nSPS) is 11.6. The van der Waals surface area contributed by atoms with Crippen LogP contribution in [0.4, 0.5) is 4.79 Å². The summed E-state index contributed by atoms with van der Waals surface area (Å²) in [6, 6.07) is 18.0. The predicted molar refractivity (Wildman–Crippen MR) is 124 cm³/mol. The van der Waals surface area contributed by atoms with Crippen LogP contribution in [0.2, 0.25) is 0 Å². The summed E-state index contributed by atoms with van der Waals surface area (Å²) in [6.07, 6.45) is 0.396. The van der Waals surface area contributed by atoms with E-state index in [0.29, 0.717) is 24.2 Å². The number of imidazole rings is 1. The number of aromatic nitrogens is 3. The molecule has 0 saturated carbocycles. The Hall–Kier alpha value is -3.84. The van der Waals surface area contributed by atoms with Gasteiger partial charge < -0.3 is 23.7 Å². The Morgan fingerprint density at radius 1 is 1.03 bits per heavy atom. The van der Waals surface area contributed by atoms with Crippen LogP contribution in [0.25, 0.3) is 44.0 Å². The third-order valence-electron chi connectivity index (χ3n) is 5.86. The maximum Gasteiger partial charge on any atom is 0.511 e. The molecule has 0 atom stereocenters. The number of aryl methyl sites for hydroxylation is 1. The van der Waals surface area contributed by atoms with Crippen molar-refractivity contribution in [1.82, 2.24) is 14.1 Å². The van der Waals surface area contributed by atoms with Gasteiger partial charge in [-0.05, 0) is 42.8 Å². The van der Waals surface area contributed by atoms with Gasteiger partial charge in [-0.1, -0.05) is 24.3 Å². The Morgan fingerprint density at radius 2 is 1.81 bits per heavy atom. The van der Waals surface area contributed by atoms with E-state index < -0.39 is 6.16 Å². The van der Waals surface area contributed by atoms with Crippen molar-refractivity contribution in [1.29, 1.82) is 0 Å². The standard InChI is InChI=1S/C25H23N3O4/c1-3-28-19-7-5-4-6-17(19)18-14-16(8-9-20(18)28)23-22(32-25(29)30)11-10-21-24(23)26-15-27(21)12-13-31-2/h4-11,14-15H,3,12-13H2,1-2H3,(H,29,30). The van der Waals surface area contributed by atoms with Crippen molar-refractivity contribution < 1.29 is 19.4 Å². The number of nitrogens with zero attached hydrogens (tertiary/aromatic N) is 3. The van der Waals surface area contributed by atoms with E-state index in [4.69, 9.17) is 9.47 Å². The molecule has 2 heterocycles. The number of para-hydroxylation sites is 1. The van der Waals surface area contributed by atoms with E-state index in [2.05, 4.69) is 40.7 Å². The van der Waals surface area contributed by atoms with Crippen LogP contribution < -0.4 is 4.74 Å². The molecular formula is C25H23N3O4. The number of carboxylic acid groups (broad SMARTS) is 1. The number of hydrogen-bond donors (Lipinski definition) is 1. The van der Waals surface area contributed by atoms with E-state index in [1.165, 1.54) is 5.52 Å². The summed E-state index contributed by atoms with van der Waals surface area (Å²) < 4.78 is 14.6. The van der Waals surface area contributed by atoms with Crippen molar-refractivity contribution in [3.63, 3.8) is 0 Å². The fourth-order valence-electron chi connectivity index (χ4n) is 4.49. The number of ether oxygens (including phenoxy) is 2. The Balaban J connectivity index is 1.78. The number of benzene rings is 3. The zero-order valence-electron chi connectivity index (χ0n) is 17.9. The molecule has 162 valence electrons. The molecule has 0 amide bonds. The number of fused-ring (bicyclic) bond motifs is 4. The highest BCUT2D eigenvalue weighted by atomic mass is 16.7. The van der Waals surface area contributed by atoms with Crippen LogP contribution in [0.1, 0.15) is 6.92 Å². The van der Waals surface area contributed by atoms with Gasteiger partial charge in [0.05, 0.1) is 24.0 Å². The molecule has 7 heteroatoms. The van der Waals surface area contributed by atoms with Gasteiger partial charge in [-0.3, -0.25) is 0 Å². The number of methoxy groups -OCH3 is 1. The van der Waals surface area contributed by atoms with E-state index in [-0.39, 0.29) is 5.75 Å². The molecule has 0 aliphatic carbocycles. The molecule has 32 heavy (non-hydrogen) atoms. The van der Waals surface area contributed by atoms with Gasteiger partial charge in [0.25, 0.3) is 0 Å². The predicted octanol–water partition coefficient (Wildman–Crippen LogP) is 5.53. The van der Waals surface area contributed by atoms with Crippen LogP contribution in [-0.2, 0) is 17.8 Å². The fraction of sp³-hybridized carbons (Fsp3) is 0.200. The molecule has 0 aliphatic rings. The lowest BCUT2D eigenvalue weighted by atomic mass is 10.00. The molecule has 0 bridgehead atoms. The van der Waals surface area contributed by atoms with Crippen molar-refractivity contribution >= 4 is 39.0 Å². The summed E-state index contributed by atoms with van der Waals surface area (Å²) >= 11 is 0. The summed E-state index contributed by atoms with van der Waals surface area (Å²) in [5, 5.41) is 11.6. The minimum Gasteiger partial charge on any atom is -0.449 e. The number of carbonyl (C=O) groups is 1. The molecule has 0 saturated heterocycles. The van der Waals surface area contributed by atoms with Crippen LogP contribution in [-0.4, -0.2) is 39.1 Å². The van der Waals surface area contributed by atoms with E-state index >= 15 is 0 Å². The molecule has 0 aliphatic heterocycles. The van der Waals surface area contributed by atoms with Gasteiger partial charge in [0.1, 0.15) is 11.3 Å². The molecule has 7 nitrogen and oxygen atoms in total. The summed E-state index contributed by atoms with van der Waals surface area (Å²) in [4.78, 5) is 16.0. The van der Waals surface area contributed by atoms with Gasteiger partial charge in [-0.2, -0.15) is 0 Å². The maximum atomic E-state index is 11.4. The summed E-state index contributed by atoms with van der Waals surface area (Å²) in [5.74, 6) is 0.264. The molecule has 5 aromatic rings. The quantitative estimate of drug-likeness (QED) is 0.283. The minimum absolute atomic E-state index is 0.264. The third-order valence-corrected chi connectivity index (χ3v) is 5.86. The number of hydrogen-bond acceptors (Lipinski definition) is 4. The zero-order valence-corrected chi connectivity index (χ0v) is 17.9. The topological polar surface area (TPSA) is 78.5 Å². The highest BCUT2D eigenvalue weighted by Crippen LogP contribution is 2.39. The smallest absolute Gasteiger partial charge is 0.449 e. The Kier molecular flexibility index (Phi) is 5.03. The van der Waals surface area contributed by atoms with Gasteiger partial charge in [0, 0.05) is 42.0 Å². The average Bonchev–Trinajstić information content (AvgIpc) is 3.35. The molecule has 0 unspecified atom stereocenters. The second-order valence-corrected chi connectivity index (χ2v) is 7.60. The van der Waals surface area contributed by atoms with E-state index in [1.807, 2.05) is 28.8 Å². The van der Waals surface area contributed by atoms with Gasteiger partial charge in [0.2, 0.25) is 0 Å². The summed E-state index contributed by atoms with van der Waals surface area (Å²) in [7, 11) is 1.66. The van der Waals surface area contributed by atoms with Gasteiger partial charge in [-0.15, -0.1) is 0 Å². The lowest BCUT2D eigenvalue weighted by Crippen LogP contribution is -2.05. The maximum absolute atomic E-state index is 11.4. The molecule has 0 fully saturated rings. The summed E-state index contributed by atoms with van der Waals surface area (Å²) in [6.45, 7) is 4.19. The third kappa shape index (κ3) is 3.18. The largest absolute Gasteiger partial charge is 0.511 e. The van der Waals surface area contributed by atoms with Crippen LogP contribution in [0, 0.1) is 0 Å². The van der Waals surface area contributed by atoms with Gasteiger partial charge in [-0.25, -0.2) is 9.78 Å². The molecule has 2 aromatic heterocycles. The average molecular weight is 429 g/mol. The second-order valence-electron chi connectivity index (χ2n) is 7.60. The van der Waals surface area contributed by atoms with Gasteiger partial charge >= 0.3 is 6.16 Å². The first-order valence-corrected chi connectivity index (χ1v) is 10.5. The zero-order chi connectivity index (χ0) is 22.2. The van der Waals surface area contributed by atoms with Crippen LogP contribution in [0.15, 0.2) is 60.9 Å². The minimum atomic E-state index is -1.35. The Bertz CT molecular complexity index is 1460. The molecular weight excluding hydrogens is 406 g/mol. The highest BCUT2D eigenvalue weighted by molar-refractivity contribution is 6.10. The SMILES string of the molecule is CCn1c2ccccc2c2cc(-c3c(OC(=O)O)ccc4c3ncn4CCOC)ccc21. The van der Waals surface area contributed by atoms with Crippen molar-refractivity contribution in [2.24, 2.45) is 0 Å². The van der Waals surface area contributed by atoms with Crippen molar-refractivity contribution in [3.05, 3.63) is 60.9 Å². The first kappa shape index (κ1) is 20.1. The molecule has 0 spiro atoms. The molecule has 5 rings (SSSR count). The van der Waals surface area contributed by atoms with E-state index in [0.717, 1.165) is 33.9 Å². The molecule has 3 aromatic carbocycles. The summed E-state index contributed by atoms with van der Waals surface area (Å²) in [5.41, 5.74) is 5.41. The number of rotatable bonds is 6. The lowest BCUT2D eigenvalue weighted by molar-refractivity contribution is 0.144. The van der Waals surface area contributed by atoms with Crippen molar-refractivity contribution in [2.45, 2.75) is 20.0 Å². The van der Waals surface area contributed by atoms with Crippen molar-refractivity contribution in [2.75, 3.05) is 13.7 Å². The van der Waals surface area contributed by atoms with Crippen LogP contribution in [0.5, 0.6) is 5.75 Å². The lowest BCUT2D eigenvalue weighted by Gasteiger charge is -2.11. The molecule has 0 radical (unpaired) electrons. The van der Waals surface area contributed by atoms with Crippen LogP contribution >= 0.6 is 0 Å². The van der Waals surface area contributed by atoms with E-state index in [9.17, 15) is 9.90 Å². The fourth-order valence-corrected chi connectivity index (χ4v) is 4.49. The van der Waals surface area contributed by atoms with E-state index in [1.54, 1.807) is 19.5 Å². The monoisotopic (exact) mass is 429 g/mol. The molecule has 1 N–H and O–H groups in total. The Morgan fingerprint density at radius 3 is 2.59 bits per heavy atom. The highest BCUT2D eigenvalue weighted by Gasteiger charge is 2.19. The van der Waals surface area contributed by atoms with Crippen molar-refractivity contribution in [3.8, 4) is 16.9 Å². The first-order chi connectivity index (χ1) is 15.6. The Labute approximate surface area is 184 Å². The second kappa shape index (κ2) is 8.01.